The number of rotatable bonds is 2. The first-order chi connectivity index (χ1) is 7.84. The summed E-state index contributed by atoms with van der Waals surface area (Å²) in [6.07, 6.45) is -4.39. The number of thiocarbonyl (C=S) groups is 1. The van der Waals surface area contributed by atoms with Gasteiger partial charge in [0.15, 0.2) is 5.11 Å². The van der Waals surface area contributed by atoms with E-state index in [4.69, 9.17) is 12.2 Å². The molecule has 0 aliphatic carbocycles. The second-order valence-corrected chi connectivity index (χ2v) is 4.44. The Morgan fingerprint density at radius 3 is 2.59 bits per heavy atom. The molecule has 2 nitrogen and oxygen atoms in total. The van der Waals surface area contributed by atoms with Crippen molar-refractivity contribution in [2.24, 2.45) is 0 Å². The fourth-order valence-corrected chi connectivity index (χ4v) is 1.89. The Morgan fingerprint density at radius 1 is 1.41 bits per heavy atom. The largest absolute Gasteiger partial charge is 0.417 e. The van der Waals surface area contributed by atoms with Crippen molar-refractivity contribution in [2.75, 3.05) is 11.9 Å². The summed E-state index contributed by atoms with van der Waals surface area (Å²) in [6.45, 7) is 2.45. The number of alkyl halides is 3. The van der Waals surface area contributed by atoms with Gasteiger partial charge >= 0.3 is 6.18 Å². The van der Waals surface area contributed by atoms with E-state index >= 15 is 0 Å². The average molecular weight is 327 g/mol. The Morgan fingerprint density at radius 2 is 2.06 bits per heavy atom. The summed E-state index contributed by atoms with van der Waals surface area (Å²) in [4.78, 5) is 0. The zero-order valence-corrected chi connectivity index (χ0v) is 11.3. The number of hydrogen-bond acceptors (Lipinski definition) is 1. The summed E-state index contributed by atoms with van der Waals surface area (Å²) in [5.41, 5.74) is -0.437. The van der Waals surface area contributed by atoms with E-state index in [0.29, 0.717) is 17.3 Å². The van der Waals surface area contributed by atoms with Crippen molar-refractivity contribution in [1.82, 2.24) is 5.32 Å². The highest BCUT2D eigenvalue weighted by atomic mass is 79.9. The minimum absolute atomic E-state index is 0.00455. The summed E-state index contributed by atoms with van der Waals surface area (Å²) in [7, 11) is 0. The van der Waals surface area contributed by atoms with Gasteiger partial charge in [0, 0.05) is 16.7 Å². The SMILES string of the molecule is CCNC(=S)Nc1ccc(Br)c(C(F)(F)F)c1. The third kappa shape index (κ3) is 4.16. The molecule has 94 valence electrons. The van der Waals surface area contributed by atoms with Gasteiger partial charge in [-0.2, -0.15) is 13.2 Å². The van der Waals surface area contributed by atoms with Gasteiger partial charge in [-0.3, -0.25) is 0 Å². The molecule has 0 aliphatic heterocycles. The molecule has 1 aromatic carbocycles. The molecule has 1 rings (SSSR count). The van der Waals surface area contributed by atoms with Gasteiger partial charge in [0.25, 0.3) is 0 Å². The van der Waals surface area contributed by atoms with Crippen molar-refractivity contribution >= 4 is 38.9 Å². The van der Waals surface area contributed by atoms with E-state index in [1.54, 1.807) is 0 Å². The quantitative estimate of drug-likeness (QED) is 0.809. The molecule has 17 heavy (non-hydrogen) atoms. The number of nitrogens with one attached hydrogen (secondary N) is 2. The molecule has 0 saturated carbocycles. The van der Waals surface area contributed by atoms with Crippen LogP contribution in [0.25, 0.3) is 0 Å². The van der Waals surface area contributed by atoms with Gasteiger partial charge in [-0.05, 0) is 37.3 Å². The van der Waals surface area contributed by atoms with E-state index in [1.807, 2.05) is 6.92 Å². The zero-order valence-electron chi connectivity index (χ0n) is 8.86. The van der Waals surface area contributed by atoms with Crippen LogP contribution in [-0.2, 0) is 6.18 Å². The molecule has 0 bridgehead atoms. The van der Waals surface area contributed by atoms with E-state index in [-0.39, 0.29) is 4.47 Å². The van der Waals surface area contributed by atoms with Crippen molar-refractivity contribution in [3.05, 3.63) is 28.2 Å². The maximum atomic E-state index is 12.6. The fourth-order valence-electron chi connectivity index (χ4n) is 1.16. The molecular formula is C10H10BrF3N2S. The van der Waals surface area contributed by atoms with E-state index in [9.17, 15) is 13.2 Å². The van der Waals surface area contributed by atoms with Crippen LogP contribution in [0, 0.1) is 0 Å². The van der Waals surface area contributed by atoms with E-state index in [2.05, 4.69) is 26.6 Å². The summed E-state index contributed by atoms with van der Waals surface area (Å²) in [6, 6.07) is 3.86. The van der Waals surface area contributed by atoms with Crippen LogP contribution in [0.15, 0.2) is 22.7 Å². The summed E-state index contributed by atoms with van der Waals surface area (Å²) >= 11 is 7.76. The van der Waals surface area contributed by atoms with Crippen LogP contribution >= 0.6 is 28.1 Å². The second-order valence-electron chi connectivity index (χ2n) is 3.18. The number of anilines is 1. The van der Waals surface area contributed by atoms with Crippen molar-refractivity contribution in [3.63, 3.8) is 0 Å². The molecule has 0 unspecified atom stereocenters. The predicted molar refractivity (Wildman–Crippen MR) is 69.0 cm³/mol. The molecule has 0 spiro atoms. The molecule has 0 radical (unpaired) electrons. The van der Waals surface area contributed by atoms with E-state index < -0.39 is 11.7 Å². The molecule has 1 aromatic rings. The molecule has 0 amide bonds. The number of hydrogen-bond donors (Lipinski definition) is 2. The van der Waals surface area contributed by atoms with Crippen LogP contribution in [-0.4, -0.2) is 11.7 Å². The Bertz CT molecular complexity index is 421. The topological polar surface area (TPSA) is 24.1 Å². The van der Waals surface area contributed by atoms with Crippen LogP contribution in [0.4, 0.5) is 18.9 Å². The van der Waals surface area contributed by atoms with Crippen LogP contribution in [0.3, 0.4) is 0 Å². The van der Waals surface area contributed by atoms with Crippen molar-refractivity contribution in [2.45, 2.75) is 13.1 Å². The van der Waals surface area contributed by atoms with Gasteiger partial charge in [0.05, 0.1) is 5.56 Å². The highest BCUT2D eigenvalue weighted by molar-refractivity contribution is 9.10. The van der Waals surface area contributed by atoms with Crippen molar-refractivity contribution < 1.29 is 13.2 Å². The Balaban J connectivity index is 2.93. The van der Waals surface area contributed by atoms with Crippen LogP contribution in [0.1, 0.15) is 12.5 Å². The van der Waals surface area contributed by atoms with E-state index in [1.165, 1.54) is 12.1 Å². The second kappa shape index (κ2) is 5.68. The first-order valence-electron chi connectivity index (χ1n) is 4.76. The molecule has 2 N–H and O–H groups in total. The highest BCUT2D eigenvalue weighted by Gasteiger charge is 2.33. The lowest BCUT2D eigenvalue weighted by Gasteiger charge is -2.13. The molecule has 0 atom stereocenters. The summed E-state index contributed by atoms with van der Waals surface area (Å²) in [5.74, 6) is 0. The lowest BCUT2D eigenvalue weighted by Crippen LogP contribution is -2.28. The summed E-state index contributed by atoms with van der Waals surface area (Å²) < 4.78 is 37.8. The normalized spacial score (nSPS) is 11.1. The van der Waals surface area contributed by atoms with Crippen LogP contribution in [0.5, 0.6) is 0 Å². The van der Waals surface area contributed by atoms with Gasteiger partial charge in [-0.15, -0.1) is 0 Å². The van der Waals surface area contributed by atoms with Crippen molar-refractivity contribution in [1.29, 1.82) is 0 Å². The highest BCUT2D eigenvalue weighted by Crippen LogP contribution is 2.36. The molecule has 7 heteroatoms. The first kappa shape index (κ1) is 14.2. The monoisotopic (exact) mass is 326 g/mol. The summed E-state index contributed by atoms with van der Waals surface area (Å²) in [5, 5.41) is 5.77. The fraction of sp³-hybridized carbons (Fsp3) is 0.300. The predicted octanol–water partition coefficient (Wildman–Crippen LogP) is 3.77. The van der Waals surface area contributed by atoms with Gasteiger partial charge < -0.3 is 10.6 Å². The standard InChI is InChI=1S/C10H10BrF3N2S/c1-2-15-9(17)16-6-3-4-8(11)7(5-6)10(12,13)14/h3-5H,2H2,1H3,(H2,15,16,17). The van der Waals surface area contributed by atoms with Gasteiger partial charge in [-0.25, -0.2) is 0 Å². The maximum Gasteiger partial charge on any atom is 0.417 e. The average Bonchev–Trinajstić information content (AvgIpc) is 2.19. The molecular weight excluding hydrogens is 317 g/mol. The molecule has 0 aromatic heterocycles. The maximum absolute atomic E-state index is 12.6. The number of benzene rings is 1. The lowest BCUT2D eigenvalue weighted by atomic mass is 10.2. The molecule has 0 saturated heterocycles. The minimum Gasteiger partial charge on any atom is -0.363 e. The number of halogens is 4. The molecule has 0 fully saturated rings. The van der Waals surface area contributed by atoms with E-state index in [0.717, 1.165) is 6.07 Å². The third-order valence-corrected chi connectivity index (χ3v) is 2.80. The minimum atomic E-state index is -4.39. The zero-order chi connectivity index (χ0) is 13.1. The van der Waals surface area contributed by atoms with Gasteiger partial charge in [0.1, 0.15) is 0 Å². The lowest BCUT2D eigenvalue weighted by molar-refractivity contribution is -0.138. The Kier molecular flexibility index (Phi) is 4.76. The van der Waals surface area contributed by atoms with Gasteiger partial charge in [0.2, 0.25) is 0 Å². The third-order valence-electron chi connectivity index (χ3n) is 1.87. The molecule has 0 heterocycles. The smallest absolute Gasteiger partial charge is 0.363 e. The first-order valence-corrected chi connectivity index (χ1v) is 5.96. The van der Waals surface area contributed by atoms with Crippen LogP contribution < -0.4 is 10.6 Å². The van der Waals surface area contributed by atoms with Gasteiger partial charge in [-0.1, -0.05) is 15.9 Å². The Labute approximate surface area is 111 Å². The Hall–Kier alpha value is -0.820. The molecule has 0 aliphatic rings. The van der Waals surface area contributed by atoms with Crippen molar-refractivity contribution in [3.8, 4) is 0 Å². The van der Waals surface area contributed by atoms with Crippen LogP contribution in [0.2, 0.25) is 0 Å².